The van der Waals surface area contributed by atoms with Crippen molar-refractivity contribution in [2.45, 2.75) is 20.0 Å². The van der Waals surface area contributed by atoms with E-state index in [9.17, 15) is 9.59 Å². The summed E-state index contributed by atoms with van der Waals surface area (Å²) < 4.78 is 11.2. The molecule has 1 N–H and O–H groups in total. The summed E-state index contributed by atoms with van der Waals surface area (Å²) in [6, 6.07) is 18.4. The van der Waals surface area contributed by atoms with Crippen LogP contribution in [0.1, 0.15) is 28.4 Å². The second-order valence-electron chi connectivity index (χ2n) is 7.92. The van der Waals surface area contributed by atoms with Gasteiger partial charge in [-0.05, 0) is 49.2 Å². The molecule has 1 unspecified atom stereocenters. The molecule has 1 saturated heterocycles. The molecule has 0 radical (unpaired) electrons. The lowest BCUT2D eigenvalue weighted by Crippen LogP contribution is -2.41. The van der Waals surface area contributed by atoms with Crippen molar-refractivity contribution in [3.63, 3.8) is 0 Å². The standard InChI is InChI=1S/C26H25N3O4S/c1-17-22(26(31)29-12-14-32-15-13-29)25(34-23(17)20-6-4-3-5-7-20)28-24(30)18(2)33-21-10-8-19(16-27)9-11-21/h3-11,18H,12-15H2,1-2H3,(H,28,30). The molecule has 2 aromatic carbocycles. The summed E-state index contributed by atoms with van der Waals surface area (Å²) in [5.74, 6) is 0.00930. The number of thiophene rings is 1. The summed E-state index contributed by atoms with van der Waals surface area (Å²) in [7, 11) is 0. The number of nitrogens with one attached hydrogen (secondary N) is 1. The molecule has 2 amide bonds. The average Bonchev–Trinajstić information content (AvgIpc) is 3.20. The molecule has 0 aliphatic carbocycles. The lowest BCUT2D eigenvalue weighted by molar-refractivity contribution is -0.122. The summed E-state index contributed by atoms with van der Waals surface area (Å²) in [5.41, 5.74) is 2.84. The van der Waals surface area contributed by atoms with E-state index in [-0.39, 0.29) is 11.8 Å². The summed E-state index contributed by atoms with van der Waals surface area (Å²) in [5, 5.41) is 12.4. The van der Waals surface area contributed by atoms with Crippen molar-refractivity contribution in [3.8, 4) is 22.3 Å². The Morgan fingerprint density at radius 2 is 1.79 bits per heavy atom. The highest BCUT2D eigenvalue weighted by Crippen LogP contribution is 2.40. The largest absolute Gasteiger partial charge is 0.481 e. The van der Waals surface area contributed by atoms with Gasteiger partial charge in [-0.2, -0.15) is 5.26 Å². The highest BCUT2D eigenvalue weighted by atomic mass is 32.1. The van der Waals surface area contributed by atoms with Crippen LogP contribution >= 0.6 is 11.3 Å². The molecule has 1 atom stereocenters. The Morgan fingerprint density at radius 3 is 2.44 bits per heavy atom. The lowest BCUT2D eigenvalue weighted by Gasteiger charge is -2.27. The maximum atomic E-state index is 13.5. The summed E-state index contributed by atoms with van der Waals surface area (Å²) >= 11 is 1.39. The summed E-state index contributed by atoms with van der Waals surface area (Å²) in [6.45, 7) is 5.59. The Balaban J connectivity index is 1.60. The van der Waals surface area contributed by atoms with Crippen molar-refractivity contribution in [1.29, 1.82) is 5.26 Å². The topological polar surface area (TPSA) is 91.7 Å². The fourth-order valence-corrected chi connectivity index (χ4v) is 4.94. The minimum Gasteiger partial charge on any atom is -0.481 e. The minimum absolute atomic E-state index is 0.116. The number of morpholine rings is 1. The zero-order valence-electron chi connectivity index (χ0n) is 19.0. The second kappa shape index (κ2) is 10.5. The Morgan fingerprint density at radius 1 is 1.12 bits per heavy atom. The van der Waals surface area contributed by atoms with Crippen LogP contribution in [0.3, 0.4) is 0 Å². The first-order valence-corrected chi connectivity index (χ1v) is 11.8. The lowest BCUT2D eigenvalue weighted by atomic mass is 10.1. The SMILES string of the molecule is Cc1c(-c2ccccc2)sc(NC(=O)C(C)Oc2ccc(C#N)cc2)c1C(=O)N1CCOCC1. The van der Waals surface area contributed by atoms with E-state index in [0.717, 1.165) is 16.0 Å². The highest BCUT2D eigenvalue weighted by molar-refractivity contribution is 7.20. The first-order chi connectivity index (χ1) is 16.5. The number of amides is 2. The van der Waals surface area contributed by atoms with Gasteiger partial charge in [-0.1, -0.05) is 30.3 Å². The molecule has 7 nitrogen and oxygen atoms in total. The molecule has 3 aromatic rings. The smallest absolute Gasteiger partial charge is 0.265 e. The summed E-state index contributed by atoms with van der Waals surface area (Å²) in [6.07, 6.45) is -0.804. The number of benzene rings is 2. The Hall–Kier alpha value is -3.67. The van der Waals surface area contributed by atoms with Gasteiger partial charge in [0.1, 0.15) is 10.8 Å². The molecule has 4 rings (SSSR count). The quantitative estimate of drug-likeness (QED) is 0.568. The third kappa shape index (κ3) is 5.11. The number of anilines is 1. The molecule has 1 aliphatic rings. The Labute approximate surface area is 202 Å². The van der Waals surface area contributed by atoms with Gasteiger partial charge in [-0.3, -0.25) is 9.59 Å². The monoisotopic (exact) mass is 475 g/mol. The van der Waals surface area contributed by atoms with Crippen LogP contribution in [0.2, 0.25) is 0 Å². The molecule has 1 aromatic heterocycles. The fraction of sp³-hybridized carbons (Fsp3) is 0.269. The van der Waals surface area contributed by atoms with Crippen molar-refractivity contribution in [3.05, 3.63) is 71.3 Å². The van der Waals surface area contributed by atoms with Crippen molar-refractivity contribution < 1.29 is 19.1 Å². The molecule has 1 aliphatic heterocycles. The van der Waals surface area contributed by atoms with Crippen molar-refractivity contribution in [1.82, 2.24) is 4.90 Å². The molecular formula is C26H25N3O4S. The van der Waals surface area contributed by atoms with E-state index in [1.807, 2.05) is 37.3 Å². The van der Waals surface area contributed by atoms with E-state index in [2.05, 4.69) is 11.4 Å². The van der Waals surface area contributed by atoms with E-state index in [1.165, 1.54) is 11.3 Å². The Kier molecular flexibility index (Phi) is 7.26. The van der Waals surface area contributed by atoms with Gasteiger partial charge >= 0.3 is 0 Å². The zero-order chi connectivity index (χ0) is 24.1. The maximum Gasteiger partial charge on any atom is 0.265 e. The first-order valence-electron chi connectivity index (χ1n) is 11.0. The zero-order valence-corrected chi connectivity index (χ0v) is 19.9. The van der Waals surface area contributed by atoms with Crippen LogP contribution in [0.25, 0.3) is 10.4 Å². The van der Waals surface area contributed by atoms with Crippen LogP contribution in [0, 0.1) is 18.3 Å². The molecule has 1 fully saturated rings. The molecule has 0 bridgehead atoms. The number of carbonyl (C=O) groups excluding carboxylic acids is 2. The van der Waals surface area contributed by atoms with Crippen molar-refractivity contribution in [2.24, 2.45) is 0 Å². The molecule has 34 heavy (non-hydrogen) atoms. The van der Waals surface area contributed by atoms with E-state index >= 15 is 0 Å². The van der Waals surface area contributed by atoms with Crippen LogP contribution in [-0.4, -0.2) is 49.1 Å². The van der Waals surface area contributed by atoms with E-state index < -0.39 is 6.10 Å². The second-order valence-corrected chi connectivity index (χ2v) is 8.94. The first kappa shape index (κ1) is 23.5. The van der Waals surface area contributed by atoms with Gasteiger partial charge in [-0.15, -0.1) is 11.3 Å². The van der Waals surface area contributed by atoms with Crippen molar-refractivity contribution >= 4 is 28.2 Å². The summed E-state index contributed by atoms with van der Waals surface area (Å²) in [4.78, 5) is 29.2. The predicted octanol–water partition coefficient (Wildman–Crippen LogP) is 4.47. The van der Waals surface area contributed by atoms with Gasteiger partial charge in [0.05, 0.1) is 30.4 Å². The highest BCUT2D eigenvalue weighted by Gasteiger charge is 2.29. The number of rotatable bonds is 6. The number of ether oxygens (including phenoxy) is 2. The number of nitrogens with zero attached hydrogens (tertiary/aromatic N) is 2. The van der Waals surface area contributed by atoms with Crippen LogP contribution in [0.5, 0.6) is 5.75 Å². The average molecular weight is 476 g/mol. The minimum atomic E-state index is -0.804. The number of hydrogen-bond acceptors (Lipinski definition) is 6. The van der Waals surface area contributed by atoms with Crippen molar-refractivity contribution in [2.75, 3.05) is 31.6 Å². The number of nitriles is 1. The molecular weight excluding hydrogens is 450 g/mol. The van der Waals surface area contributed by atoms with Crippen LogP contribution in [-0.2, 0) is 9.53 Å². The van der Waals surface area contributed by atoms with Gasteiger partial charge in [0, 0.05) is 18.0 Å². The van der Waals surface area contributed by atoms with E-state index in [1.54, 1.807) is 36.1 Å². The molecule has 174 valence electrons. The van der Waals surface area contributed by atoms with Crippen LogP contribution in [0.15, 0.2) is 54.6 Å². The maximum absolute atomic E-state index is 13.5. The third-order valence-electron chi connectivity index (χ3n) is 5.60. The van der Waals surface area contributed by atoms with Crippen LogP contribution < -0.4 is 10.1 Å². The predicted molar refractivity (Wildman–Crippen MR) is 131 cm³/mol. The molecule has 0 saturated carbocycles. The van der Waals surface area contributed by atoms with Gasteiger partial charge in [0.2, 0.25) is 0 Å². The van der Waals surface area contributed by atoms with Gasteiger partial charge in [-0.25, -0.2) is 0 Å². The van der Waals surface area contributed by atoms with Gasteiger partial charge in [0.25, 0.3) is 11.8 Å². The van der Waals surface area contributed by atoms with E-state index in [4.69, 9.17) is 14.7 Å². The molecule has 0 spiro atoms. The van der Waals surface area contributed by atoms with Gasteiger partial charge < -0.3 is 19.7 Å². The van der Waals surface area contributed by atoms with E-state index in [0.29, 0.717) is 48.2 Å². The number of hydrogen-bond donors (Lipinski definition) is 1. The normalized spacial score (nSPS) is 14.2. The molecule has 2 heterocycles. The van der Waals surface area contributed by atoms with Gasteiger partial charge in [0.15, 0.2) is 6.10 Å². The van der Waals surface area contributed by atoms with Crippen LogP contribution in [0.4, 0.5) is 5.00 Å². The Bertz CT molecular complexity index is 1210. The fourth-order valence-electron chi connectivity index (χ4n) is 3.73. The third-order valence-corrected chi connectivity index (χ3v) is 6.85. The molecule has 8 heteroatoms. The number of carbonyl (C=O) groups is 2.